The first-order chi connectivity index (χ1) is 31.5. The van der Waals surface area contributed by atoms with Gasteiger partial charge >= 0.3 is 0 Å². The fourth-order valence-electron chi connectivity index (χ4n) is 11.1. The lowest BCUT2D eigenvalue weighted by Crippen LogP contribution is -2.44. The van der Waals surface area contributed by atoms with Crippen molar-refractivity contribution in [2.75, 3.05) is 32.2 Å². The minimum absolute atomic E-state index is 0.00499. The van der Waals surface area contributed by atoms with Gasteiger partial charge in [-0.15, -0.1) is 0 Å². The third-order valence-corrected chi connectivity index (χ3v) is 17.2. The molecule has 2 bridgehead atoms. The Bertz CT molecular complexity index is 2360. The molecular weight excluding hydrogens is 865 g/mol. The highest BCUT2D eigenvalue weighted by Crippen LogP contribution is 2.51. The predicted octanol–water partition coefficient (Wildman–Crippen LogP) is 7.98. The molecule has 0 aromatic heterocycles. The van der Waals surface area contributed by atoms with Crippen molar-refractivity contribution in [3.8, 4) is 28.4 Å². The SMILES string of the molecule is COc1c(O)ccc2c1-c1ccc3ccc(O)cc3c1CSSC1CCC(CC1O)C(OC1NC(CCCO)CCC3c4c1cc(CO)c(NCC(C)=O)c4CCC3CO)CC(=O)CC2. The van der Waals surface area contributed by atoms with Crippen LogP contribution in [0.5, 0.6) is 17.2 Å². The van der Waals surface area contributed by atoms with Gasteiger partial charge in [0.25, 0.3) is 0 Å². The first-order valence-electron chi connectivity index (χ1n) is 23.3. The molecular formula is C51H64N2O10S2. The van der Waals surface area contributed by atoms with Crippen LogP contribution in [0.3, 0.4) is 0 Å². The number of aliphatic hydroxyl groups excluding tert-OH is 4. The summed E-state index contributed by atoms with van der Waals surface area (Å²) < 4.78 is 13.2. The van der Waals surface area contributed by atoms with Crippen LogP contribution in [0, 0.1) is 11.8 Å². The van der Waals surface area contributed by atoms with Gasteiger partial charge in [0.15, 0.2) is 11.5 Å². The molecule has 5 aliphatic rings. The minimum atomic E-state index is -0.707. The van der Waals surface area contributed by atoms with Crippen molar-refractivity contribution in [2.24, 2.45) is 11.8 Å². The maximum atomic E-state index is 14.6. The number of carbonyl (C=O) groups excluding carboxylic acids is 2. The van der Waals surface area contributed by atoms with E-state index in [9.17, 15) is 40.2 Å². The lowest BCUT2D eigenvalue weighted by molar-refractivity contribution is -0.129. The number of hydrogen-bond donors (Lipinski definition) is 8. The van der Waals surface area contributed by atoms with Crippen LogP contribution in [0.2, 0.25) is 0 Å². The standard InChI is InChI=1S/C51H64N2O10S2/c1-28(57)24-52-49-33(26-56)20-41-48-37(32(25-55)8-15-39(48)49)16-11-34(4-3-19-54)53-51(41)63-45-23-36(59)13-6-30-9-17-43(60)50(62-2)47(30)38-14-7-29-5-12-35(58)22-40(29)42(38)27-64-65-46-18-10-31(45)21-44(46)61/h5,7,9,12,14,17,20,22,31-32,34,37,44-46,51-56,58,60-61H,3-4,6,8,10-11,13,15-16,18-19,21,23-27H2,1-2H3. The highest BCUT2D eigenvalue weighted by Gasteiger charge is 2.41. The molecule has 0 spiro atoms. The molecule has 65 heavy (non-hydrogen) atoms. The fraction of sp³-hybridized carbons (Fsp3) is 0.529. The van der Waals surface area contributed by atoms with Crippen LogP contribution < -0.4 is 15.4 Å². The Morgan fingerprint density at radius 2 is 1.78 bits per heavy atom. The number of anilines is 1. The van der Waals surface area contributed by atoms with Crippen LogP contribution in [-0.4, -0.2) is 92.6 Å². The zero-order chi connectivity index (χ0) is 45.8. The summed E-state index contributed by atoms with van der Waals surface area (Å²) in [4.78, 5) is 26.8. The molecule has 4 aromatic rings. The second kappa shape index (κ2) is 21.4. The van der Waals surface area contributed by atoms with Crippen molar-refractivity contribution in [3.63, 3.8) is 0 Å². The Morgan fingerprint density at radius 3 is 2.54 bits per heavy atom. The van der Waals surface area contributed by atoms with Crippen LogP contribution in [0.4, 0.5) is 5.69 Å². The number of methoxy groups -OCH3 is 1. The zero-order valence-electron chi connectivity index (χ0n) is 37.4. The minimum Gasteiger partial charge on any atom is -0.508 e. The number of aryl methyl sites for hydroxylation is 1. The molecule has 12 nitrogen and oxygen atoms in total. The molecule has 8 atom stereocenters. The number of fused-ring (bicyclic) bond motifs is 9. The number of aliphatic hydroxyl groups is 4. The number of phenols is 2. The van der Waals surface area contributed by atoms with Crippen LogP contribution in [0.15, 0.2) is 48.5 Å². The van der Waals surface area contributed by atoms with E-state index in [4.69, 9.17) is 9.47 Å². The fourth-order valence-corrected chi connectivity index (χ4v) is 14.0. The molecule has 0 radical (unpaired) electrons. The third-order valence-electron chi connectivity index (χ3n) is 14.4. The van der Waals surface area contributed by atoms with Gasteiger partial charge in [-0.3, -0.25) is 14.9 Å². The van der Waals surface area contributed by atoms with Crippen molar-refractivity contribution in [3.05, 3.63) is 81.9 Å². The average molecular weight is 929 g/mol. The number of phenolic OH excluding ortho intramolecular Hbond substituents is 2. The molecule has 1 fully saturated rings. The van der Waals surface area contributed by atoms with Gasteiger partial charge in [-0.25, -0.2) is 0 Å². The summed E-state index contributed by atoms with van der Waals surface area (Å²) in [6.07, 6.45) is 4.88. The van der Waals surface area contributed by atoms with E-state index in [1.807, 2.05) is 30.3 Å². The first kappa shape index (κ1) is 47.6. The van der Waals surface area contributed by atoms with E-state index in [0.29, 0.717) is 61.2 Å². The number of rotatable bonds is 11. The Kier molecular flexibility index (Phi) is 15.7. The van der Waals surface area contributed by atoms with E-state index in [0.717, 1.165) is 75.5 Å². The van der Waals surface area contributed by atoms with E-state index in [-0.39, 0.29) is 91.3 Å². The Morgan fingerprint density at radius 1 is 0.954 bits per heavy atom. The largest absolute Gasteiger partial charge is 0.508 e. The second-order valence-electron chi connectivity index (χ2n) is 18.5. The maximum absolute atomic E-state index is 14.6. The van der Waals surface area contributed by atoms with Gasteiger partial charge in [-0.05, 0) is 157 Å². The van der Waals surface area contributed by atoms with Gasteiger partial charge in [0.05, 0.1) is 32.5 Å². The van der Waals surface area contributed by atoms with E-state index in [1.165, 1.54) is 14.0 Å². The number of hydrogen-bond acceptors (Lipinski definition) is 14. The van der Waals surface area contributed by atoms with Gasteiger partial charge in [0.2, 0.25) is 0 Å². The highest BCUT2D eigenvalue weighted by atomic mass is 33.1. The molecule has 350 valence electrons. The maximum Gasteiger partial charge on any atom is 0.168 e. The second-order valence-corrected chi connectivity index (χ2v) is 21.1. The van der Waals surface area contributed by atoms with Crippen molar-refractivity contribution in [1.82, 2.24) is 5.32 Å². The molecule has 0 amide bonds. The molecule has 3 aliphatic heterocycles. The average Bonchev–Trinajstić information content (AvgIpc) is 3.29. The number of ether oxygens (including phenoxy) is 2. The molecule has 8 unspecified atom stereocenters. The number of Topliss-reactive ketones (excluding diaryl/α,β-unsaturated/α-hetero) is 2. The lowest BCUT2D eigenvalue weighted by Gasteiger charge is -2.43. The normalized spacial score (nSPS) is 26.1. The summed E-state index contributed by atoms with van der Waals surface area (Å²) in [5.74, 6) is 0.802. The Hall–Kier alpha value is -3.86. The smallest absolute Gasteiger partial charge is 0.168 e. The molecule has 4 aromatic carbocycles. The monoisotopic (exact) mass is 928 g/mol. The summed E-state index contributed by atoms with van der Waals surface area (Å²) >= 11 is 0. The number of ketones is 2. The van der Waals surface area contributed by atoms with Gasteiger partial charge in [-0.1, -0.05) is 45.9 Å². The highest BCUT2D eigenvalue weighted by molar-refractivity contribution is 8.76. The number of carbonyl (C=O) groups is 2. The first-order valence-corrected chi connectivity index (χ1v) is 25.7. The summed E-state index contributed by atoms with van der Waals surface area (Å²) in [5, 5.41) is 74.1. The number of nitrogens with one attached hydrogen (secondary N) is 2. The quantitative estimate of drug-likeness (QED) is 0.0674. The zero-order valence-corrected chi connectivity index (χ0v) is 39.0. The van der Waals surface area contributed by atoms with Gasteiger partial charge < -0.3 is 45.4 Å². The predicted molar refractivity (Wildman–Crippen MR) is 256 cm³/mol. The van der Waals surface area contributed by atoms with Crippen LogP contribution in [-0.2, 0) is 39.5 Å². The third kappa shape index (κ3) is 10.4. The molecule has 9 rings (SSSR count). The van der Waals surface area contributed by atoms with Gasteiger partial charge in [-0.2, -0.15) is 0 Å². The molecule has 14 heteroatoms. The van der Waals surface area contributed by atoms with Crippen LogP contribution in [0.25, 0.3) is 21.9 Å². The molecule has 2 aliphatic carbocycles. The number of aromatic hydroxyl groups is 2. The van der Waals surface area contributed by atoms with Crippen molar-refractivity contribution in [2.45, 2.75) is 132 Å². The van der Waals surface area contributed by atoms with Crippen LogP contribution >= 0.6 is 21.6 Å². The van der Waals surface area contributed by atoms with E-state index in [1.54, 1.807) is 39.8 Å². The summed E-state index contributed by atoms with van der Waals surface area (Å²) in [6.45, 7) is 1.45. The van der Waals surface area contributed by atoms with Crippen molar-refractivity contribution < 1.29 is 49.7 Å². The van der Waals surface area contributed by atoms with Gasteiger partial charge in [0, 0.05) is 59.9 Å². The van der Waals surface area contributed by atoms with Crippen LogP contribution in [0.1, 0.15) is 117 Å². The number of benzene rings is 4. The molecule has 1 saturated carbocycles. The van der Waals surface area contributed by atoms with Crippen molar-refractivity contribution >= 4 is 49.6 Å². The van der Waals surface area contributed by atoms with E-state index in [2.05, 4.69) is 10.6 Å². The summed E-state index contributed by atoms with van der Waals surface area (Å²) in [6, 6.07) is 14.7. The molecule has 3 heterocycles. The Labute approximate surface area is 389 Å². The Balaban J connectivity index is 1.20. The van der Waals surface area contributed by atoms with E-state index >= 15 is 0 Å². The summed E-state index contributed by atoms with van der Waals surface area (Å²) in [5.41, 5.74) is 7.68. The summed E-state index contributed by atoms with van der Waals surface area (Å²) in [7, 11) is 4.83. The molecule has 8 N–H and O–H groups in total. The topological polar surface area (TPSA) is 198 Å². The molecule has 0 saturated heterocycles. The van der Waals surface area contributed by atoms with Gasteiger partial charge in [0.1, 0.15) is 23.5 Å². The van der Waals surface area contributed by atoms with E-state index < -0.39 is 18.4 Å². The van der Waals surface area contributed by atoms with Crippen molar-refractivity contribution in [1.29, 1.82) is 0 Å². The lowest BCUT2D eigenvalue weighted by atomic mass is 9.69.